The molecule has 1 heterocycles. The van der Waals surface area contributed by atoms with Crippen molar-refractivity contribution in [2.45, 2.75) is 26.8 Å². The molecule has 1 aliphatic rings. The summed E-state index contributed by atoms with van der Waals surface area (Å²) in [6.45, 7) is 8.91. The van der Waals surface area contributed by atoms with Gasteiger partial charge in [-0.25, -0.2) is 0 Å². The molecule has 6 nitrogen and oxygen atoms in total. The predicted octanol–water partition coefficient (Wildman–Crippen LogP) is 3.77. The minimum Gasteiger partial charge on any atom is -0.507 e. The van der Waals surface area contributed by atoms with Gasteiger partial charge in [0.1, 0.15) is 11.5 Å². The van der Waals surface area contributed by atoms with E-state index in [-0.39, 0.29) is 11.3 Å². The van der Waals surface area contributed by atoms with E-state index in [4.69, 9.17) is 4.74 Å². The second-order valence-corrected chi connectivity index (χ2v) is 7.66. The van der Waals surface area contributed by atoms with Crippen molar-refractivity contribution in [2.75, 3.05) is 33.3 Å². The fourth-order valence-corrected chi connectivity index (χ4v) is 3.90. The van der Waals surface area contributed by atoms with Gasteiger partial charge in [0, 0.05) is 18.7 Å². The van der Waals surface area contributed by atoms with Gasteiger partial charge in [0.15, 0.2) is 0 Å². The predicted molar refractivity (Wildman–Crippen MR) is 121 cm³/mol. The minimum atomic E-state index is -0.654. The van der Waals surface area contributed by atoms with E-state index in [1.807, 2.05) is 31.2 Å². The Balaban J connectivity index is 2.07. The Labute approximate surface area is 183 Å². The normalized spacial score (nSPS) is 18.1. The van der Waals surface area contributed by atoms with Crippen LogP contribution in [0.3, 0.4) is 0 Å². The molecule has 1 atom stereocenters. The van der Waals surface area contributed by atoms with Crippen molar-refractivity contribution in [2.24, 2.45) is 0 Å². The number of benzene rings is 2. The van der Waals surface area contributed by atoms with Crippen LogP contribution in [0.4, 0.5) is 0 Å². The first-order chi connectivity index (χ1) is 14.9. The first-order valence-electron chi connectivity index (χ1n) is 10.6. The fraction of sp³-hybridized carbons (Fsp3) is 0.360. The van der Waals surface area contributed by atoms with Crippen molar-refractivity contribution >= 4 is 17.4 Å². The maximum absolute atomic E-state index is 13.0. The third-order valence-corrected chi connectivity index (χ3v) is 5.85. The van der Waals surface area contributed by atoms with Gasteiger partial charge in [-0.1, -0.05) is 43.7 Å². The summed E-state index contributed by atoms with van der Waals surface area (Å²) in [5.41, 5.74) is 2.48. The summed E-state index contributed by atoms with van der Waals surface area (Å²) in [6, 6.07) is 13.9. The monoisotopic (exact) mass is 422 g/mol. The van der Waals surface area contributed by atoms with Crippen LogP contribution in [0.5, 0.6) is 5.75 Å². The lowest BCUT2D eigenvalue weighted by molar-refractivity contribution is -0.140. The number of nitrogens with zero attached hydrogens (tertiary/aromatic N) is 2. The van der Waals surface area contributed by atoms with Crippen LogP contribution in [0.1, 0.15) is 36.6 Å². The molecule has 0 bridgehead atoms. The Morgan fingerprint density at radius 1 is 1.03 bits per heavy atom. The summed E-state index contributed by atoms with van der Waals surface area (Å²) >= 11 is 0. The van der Waals surface area contributed by atoms with Crippen molar-refractivity contribution < 1.29 is 19.4 Å². The smallest absolute Gasteiger partial charge is 0.295 e. The number of likely N-dealkylation sites (tertiary alicyclic amines) is 1. The third kappa shape index (κ3) is 4.64. The molecule has 0 spiro atoms. The average molecular weight is 423 g/mol. The fourth-order valence-electron chi connectivity index (χ4n) is 3.90. The van der Waals surface area contributed by atoms with Gasteiger partial charge in [-0.05, 0) is 49.8 Å². The Kier molecular flexibility index (Phi) is 7.13. The highest BCUT2D eigenvalue weighted by molar-refractivity contribution is 6.46. The molecule has 3 rings (SSSR count). The standard InChI is InChI=1S/C25H30N2O4/c1-5-26(6-2)15-16-27-22(18-9-7-17(3)8-10-18)21(24(29)25(27)30)23(28)19-11-13-20(31-4)14-12-19/h7-14,22,28H,5-6,15-16H2,1-4H3/b23-21+. The number of aliphatic hydroxyl groups is 1. The molecule has 164 valence electrons. The summed E-state index contributed by atoms with van der Waals surface area (Å²) in [5, 5.41) is 11.1. The number of ketones is 1. The Hall–Kier alpha value is -3.12. The van der Waals surface area contributed by atoms with Gasteiger partial charge >= 0.3 is 0 Å². The van der Waals surface area contributed by atoms with E-state index >= 15 is 0 Å². The molecule has 0 aromatic heterocycles. The molecule has 1 fully saturated rings. The highest BCUT2D eigenvalue weighted by atomic mass is 16.5. The molecule has 31 heavy (non-hydrogen) atoms. The molecule has 0 saturated carbocycles. The summed E-state index contributed by atoms with van der Waals surface area (Å²) in [5.74, 6) is -0.755. The van der Waals surface area contributed by atoms with Crippen LogP contribution >= 0.6 is 0 Å². The van der Waals surface area contributed by atoms with E-state index in [9.17, 15) is 14.7 Å². The van der Waals surface area contributed by atoms with Gasteiger partial charge in [-0.15, -0.1) is 0 Å². The molecular weight excluding hydrogens is 392 g/mol. The lowest BCUT2D eigenvalue weighted by Gasteiger charge is -2.28. The third-order valence-electron chi connectivity index (χ3n) is 5.85. The zero-order valence-corrected chi connectivity index (χ0v) is 18.6. The molecule has 6 heteroatoms. The zero-order chi connectivity index (χ0) is 22.5. The highest BCUT2D eigenvalue weighted by Crippen LogP contribution is 2.39. The number of rotatable bonds is 8. The average Bonchev–Trinajstić information content (AvgIpc) is 3.05. The highest BCUT2D eigenvalue weighted by Gasteiger charge is 2.45. The molecule has 1 aliphatic heterocycles. The van der Waals surface area contributed by atoms with Gasteiger partial charge in [0.2, 0.25) is 0 Å². The summed E-state index contributed by atoms with van der Waals surface area (Å²) in [6.07, 6.45) is 0. The number of Topliss-reactive ketones (excluding diaryl/α,β-unsaturated/α-hetero) is 1. The van der Waals surface area contributed by atoms with E-state index in [2.05, 4.69) is 18.7 Å². The number of hydrogen-bond donors (Lipinski definition) is 1. The molecule has 0 radical (unpaired) electrons. The van der Waals surface area contributed by atoms with Gasteiger partial charge in [-0.3, -0.25) is 9.59 Å². The summed E-state index contributed by atoms with van der Waals surface area (Å²) < 4.78 is 5.18. The lowest BCUT2D eigenvalue weighted by Crippen LogP contribution is -2.38. The van der Waals surface area contributed by atoms with Crippen molar-refractivity contribution in [3.8, 4) is 5.75 Å². The number of carbonyl (C=O) groups excluding carboxylic acids is 2. The minimum absolute atomic E-state index is 0.124. The molecule has 1 saturated heterocycles. The van der Waals surface area contributed by atoms with Gasteiger partial charge in [0.05, 0.1) is 18.7 Å². The maximum Gasteiger partial charge on any atom is 0.295 e. The lowest BCUT2D eigenvalue weighted by atomic mass is 9.94. The molecule has 0 aliphatic carbocycles. The Morgan fingerprint density at radius 2 is 1.65 bits per heavy atom. The van der Waals surface area contributed by atoms with Crippen LogP contribution in [-0.2, 0) is 9.59 Å². The number of methoxy groups -OCH3 is 1. The van der Waals surface area contributed by atoms with E-state index < -0.39 is 17.7 Å². The van der Waals surface area contributed by atoms with E-state index in [0.717, 1.165) is 24.2 Å². The molecule has 2 aromatic carbocycles. The molecule has 1 amide bonds. The van der Waals surface area contributed by atoms with E-state index in [1.54, 1.807) is 36.3 Å². The van der Waals surface area contributed by atoms with Crippen LogP contribution in [-0.4, -0.2) is 59.9 Å². The van der Waals surface area contributed by atoms with E-state index in [1.165, 1.54) is 0 Å². The molecule has 2 aromatic rings. The molecular formula is C25H30N2O4. The van der Waals surface area contributed by atoms with Crippen LogP contribution in [0.15, 0.2) is 54.1 Å². The number of ether oxygens (including phenoxy) is 1. The number of amides is 1. The molecule has 1 N–H and O–H groups in total. The van der Waals surface area contributed by atoms with Crippen LogP contribution in [0.25, 0.3) is 5.76 Å². The summed E-state index contributed by atoms with van der Waals surface area (Å²) in [7, 11) is 1.56. The van der Waals surface area contributed by atoms with Gasteiger partial charge in [0.25, 0.3) is 11.7 Å². The Morgan fingerprint density at radius 3 is 2.19 bits per heavy atom. The van der Waals surface area contributed by atoms with Gasteiger partial charge < -0.3 is 19.6 Å². The summed E-state index contributed by atoms with van der Waals surface area (Å²) in [4.78, 5) is 29.8. The number of aryl methyl sites for hydroxylation is 1. The molecule has 1 unspecified atom stereocenters. The SMILES string of the molecule is CCN(CC)CCN1C(=O)C(=O)/C(=C(/O)c2ccc(OC)cc2)C1c1ccc(C)cc1. The first-order valence-corrected chi connectivity index (χ1v) is 10.6. The van der Waals surface area contributed by atoms with Crippen molar-refractivity contribution in [1.29, 1.82) is 0 Å². The number of carbonyl (C=O) groups is 2. The largest absolute Gasteiger partial charge is 0.507 e. The van der Waals surface area contributed by atoms with Crippen LogP contribution < -0.4 is 4.74 Å². The number of aliphatic hydroxyl groups excluding tert-OH is 1. The second-order valence-electron chi connectivity index (χ2n) is 7.66. The quantitative estimate of drug-likeness (QED) is 0.398. The first kappa shape index (κ1) is 22.6. The van der Waals surface area contributed by atoms with Crippen molar-refractivity contribution in [1.82, 2.24) is 9.80 Å². The van der Waals surface area contributed by atoms with Crippen LogP contribution in [0.2, 0.25) is 0 Å². The van der Waals surface area contributed by atoms with Crippen molar-refractivity contribution in [3.63, 3.8) is 0 Å². The Bertz CT molecular complexity index is 960. The van der Waals surface area contributed by atoms with Crippen LogP contribution in [0, 0.1) is 6.92 Å². The van der Waals surface area contributed by atoms with Gasteiger partial charge in [-0.2, -0.15) is 0 Å². The van der Waals surface area contributed by atoms with Crippen molar-refractivity contribution in [3.05, 3.63) is 70.8 Å². The van der Waals surface area contributed by atoms with E-state index in [0.29, 0.717) is 24.4 Å². The number of hydrogen-bond acceptors (Lipinski definition) is 5. The number of likely N-dealkylation sites (N-methyl/N-ethyl adjacent to an activating group) is 1. The topological polar surface area (TPSA) is 70.1 Å². The zero-order valence-electron chi connectivity index (χ0n) is 18.6. The second kappa shape index (κ2) is 9.79. The maximum atomic E-state index is 13.0.